The molecule has 0 saturated heterocycles. The smallest absolute Gasteiger partial charge is 0.109 e. The Morgan fingerprint density at radius 3 is 2.79 bits per heavy atom. The first-order valence-corrected chi connectivity index (χ1v) is 7.68. The quantitative estimate of drug-likeness (QED) is 0.843. The Morgan fingerprint density at radius 2 is 2.00 bits per heavy atom. The summed E-state index contributed by atoms with van der Waals surface area (Å²) in [7, 11) is 0. The monoisotopic (exact) mass is 274 g/mol. The third kappa shape index (κ3) is 3.41. The molecule has 1 heterocycles. The van der Waals surface area contributed by atoms with Gasteiger partial charge in [0.2, 0.25) is 0 Å². The second kappa shape index (κ2) is 6.28. The van der Waals surface area contributed by atoms with Gasteiger partial charge in [0.05, 0.1) is 18.3 Å². The summed E-state index contributed by atoms with van der Waals surface area (Å²) in [6.07, 6.45) is 5.35. The van der Waals surface area contributed by atoms with Gasteiger partial charge in [-0.1, -0.05) is 43.2 Å². The summed E-state index contributed by atoms with van der Waals surface area (Å²) < 4.78 is 0. The first-order valence-electron chi connectivity index (χ1n) is 6.80. The molecule has 1 saturated carbocycles. The summed E-state index contributed by atoms with van der Waals surface area (Å²) in [4.78, 5) is 10.3. The lowest BCUT2D eigenvalue weighted by molar-refractivity contribution is -0.0244. The van der Waals surface area contributed by atoms with Crippen LogP contribution in [0.4, 0.5) is 0 Å². The number of aromatic nitrogens is 1. The summed E-state index contributed by atoms with van der Waals surface area (Å²) in [6, 6.07) is 10.3. The van der Waals surface area contributed by atoms with Gasteiger partial charge in [0, 0.05) is 10.9 Å². The molecule has 0 bridgehead atoms. The highest BCUT2D eigenvalue weighted by Gasteiger charge is 2.15. The maximum atomic E-state index is 5.64. The van der Waals surface area contributed by atoms with E-state index in [1.54, 1.807) is 11.3 Å². The van der Waals surface area contributed by atoms with Crippen molar-refractivity contribution in [2.75, 3.05) is 0 Å². The van der Waals surface area contributed by atoms with E-state index in [0.717, 1.165) is 10.7 Å². The van der Waals surface area contributed by atoms with Gasteiger partial charge in [-0.3, -0.25) is 4.84 Å². The van der Waals surface area contributed by atoms with E-state index in [9.17, 15) is 0 Å². The van der Waals surface area contributed by atoms with Crippen LogP contribution in [-0.4, -0.2) is 11.1 Å². The fraction of sp³-hybridized carbons (Fsp3) is 0.400. The van der Waals surface area contributed by atoms with Crippen molar-refractivity contribution in [3.8, 4) is 11.3 Å². The minimum atomic E-state index is 0.397. The lowest BCUT2D eigenvalue weighted by Gasteiger charge is -2.10. The van der Waals surface area contributed by atoms with Crippen molar-refractivity contribution >= 4 is 11.3 Å². The van der Waals surface area contributed by atoms with E-state index in [0.29, 0.717) is 12.6 Å². The summed E-state index contributed by atoms with van der Waals surface area (Å²) in [5, 5.41) is 3.17. The fourth-order valence-electron chi connectivity index (χ4n) is 2.36. The Bertz CT molecular complexity index is 506. The van der Waals surface area contributed by atoms with Crippen LogP contribution < -0.4 is 5.48 Å². The maximum Gasteiger partial charge on any atom is 0.109 e. The van der Waals surface area contributed by atoms with Crippen molar-refractivity contribution < 1.29 is 4.84 Å². The number of thiazole rings is 1. The van der Waals surface area contributed by atoms with Gasteiger partial charge in [-0.15, -0.1) is 11.3 Å². The summed E-state index contributed by atoms with van der Waals surface area (Å²) in [5.74, 6) is 0. The van der Waals surface area contributed by atoms with Crippen LogP contribution in [0, 0.1) is 0 Å². The molecule has 1 fully saturated rings. The topological polar surface area (TPSA) is 34.1 Å². The van der Waals surface area contributed by atoms with Crippen LogP contribution in [-0.2, 0) is 11.4 Å². The Kier molecular flexibility index (Phi) is 4.23. The largest absolute Gasteiger partial charge is 0.298 e. The molecule has 1 aromatic carbocycles. The fourth-order valence-corrected chi connectivity index (χ4v) is 3.09. The summed E-state index contributed by atoms with van der Waals surface area (Å²) in [5.41, 5.74) is 5.27. The summed E-state index contributed by atoms with van der Waals surface area (Å²) in [6.45, 7) is 0.688. The van der Waals surface area contributed by atoms with Crippen LogP contribution in [0.15, 0.2) is 35.7 Å². The van der Waals surface area contributed by atoms with Crippen molar-refractivity contribution in [1.82, 2.24) is 10.5 Å². The Labute approximate surface area is 117 Å². The number of hydroxylamine groups is 1. The highest BCUT2D eigenvalue weighted by molar-refractivity contribution is 7.09. The second-order valence-corrected chi connectivity index (χ2v) is 5.78. The van der Waals surface area contributed by atoms with Crippen LogP contribution in [0.2, 0.25) is 0 Å². The van der Waals surface area contributed by atoms with Crippen molar-refractivity contribution in [3.05, 3.63) is 40.7 Å². The third-order valence-corrected chi connectivity index (χ3v) is 4.25. The molecule has 0 spiro atoms. The van der Waals surface area contributed by atoms with Gasteiger partial charge in [-0.25, -0.2) is 4.98 Å². The van der Waals surface area contributed by atoms with Crippen LogP contribution in [0.3, 0.4) is 0 Å². The lowest BCUT2D eigenvalue weighted by Crippen LogP contribution is -2.21. The van der Waals surface area contributed by atoms with E-state index in [4.69, 9.17) is 4.84 Å². The molecule has 0 radical (unpaired) electrons. The van der Waals surface area contributed by atoms with E-state index < -0.39 is 0 Å². The molecule has 0 unspecified atom stereocenters. The molecule has 1 aromatic heterocycles. The van der Waals surface area contributed by atoms with Crippen LogP contribution in [0.1, 0.15) is 30.7 Å². The third-order valence-electron chi connectivity index (χ3n) is 3.40. The van der Waals surface area contributed by atoms with Gasteiger partial charge in [-0.05, 0) is 12.8 Å². The van der Waals surface area contributed by atoms with E-state index in [1.165, 1.54) is 31.2 Å². The molecule has 3 nitrogen and oxygen atoms in total. The predicted octanol–water partition coefficient (Wildman–Crippen LogP) is 3.77. The van der Waals surface area contributed by atoms with Gasteiger partial charge in [0.15, 0.2) is 0 Å². The summed E-state index contributed by atoms with van der Waals surface area (Å²) >= 11 is 1.67. The maximum absolute atomic E-state index is 5.64. The Balaban J connectivity index is 1.53. The zero-order valence-corrected chi connectivity index (χ0v) is 11.7. The number of nitrogens with one attached hydrogen (secondary N) is 1. The number of nitrogens with zero attached hydrogens (tertiary/aromatic N) is 1. The van der Waals surface area contributed by atoms with E-state index in [1.807, 2.05) is 18.2 Å². The number of hydrogen-bond acceptors (Lipinski definition) is 4. The van der Waals surface area contributed by atoms with Crippen molar-refractivity contribution in [1.29, 1.82) is 0 Å². The minimum Gasteiger partial charge on any atom is -0.298 e. The molecule has 19 heavy (non-hydrogen) atoms. The molecule has 1 N–H and O–H groups in total. The van der Waals surface area contributed by atoms with Gasteiger partial charge in [0.25, 0.3) is 0 Å². The highest BCUT2D eigenvalue weighted by Crippen LogP contribution is 2.22. The van der Waals surface area contributed by atoms with Gasteiger partial charge in [-0.2, -0.15) is 5.48 Å². The van der Waals surface area contributed by atoms with Crippen molar-refractivity contribution in [3.63, 3.8) is 0 Å². The van der Waals surface area contributed by atoms with E-state index in [-0.39, 0.29) is 0 Å². The van der Waals surface area contributed by atoms with Crippen molar-refractivity contribution in [2.45, 2.75) is 38.3 Å². The molecule has 100 valence electrons. The van der Waals surface area contributed by atoms with Gasteiger partial charge < -0.3 is 0 Å². The van der Waals surface area contributed by atoms with Crippen molar-refractivity contribution in [2.24, 2.45) is 0 Å². The zero-order chi connectivity index (χ0) is 12.9. The first-order chi connectivity index (χ1) is 9.42. The Hall–Kier alpha value is -1.23. The number of rotatable bonds is 5. The molecule has 0 aliphatic heterocycles. The van der Waals surface area contributed by atoms with Crippen LogP contribution in [0.25, 0.3) is 11.3 Å². The second-order valence-electron chi connectivity index (χ2n) is 4.84. The number of hydrogen-bond donors (Lipinski definition) is 1. The average molecular weight is 274 g/mol. The predicted molar refractivity (Wildman–Crippen MR) is 77.7 cm³/mol. The SMILES string of the molecule is c1ccc(-c2csc(CNOC3CCCC3)n2)cc1. The molecular weight excluding hydrogens is 256 g/mol. The minimum absolute atomic E-state index is 0.397. The average Bonchev–Trinajstić information content (AvgIpc) is 3.11. The van der Waals surface area contributed by atoms with Gasteiger partial charge >= 0.3 is 0 Å². The van der Waals surface area contributed by atoms with Crippen LogP contribution >= 0.6 is 11.3 Å². The molecule has 4 heteroatoms. The number of benzene rings is 1. The molecule has 2 aromatic rings. The molecular formula is C15H18N2OS. The van der Waals surface area contributed by atoms with Crippen LogP contribution in [0.5, 0.6) is 0 Å². The lowest BCUT2D eigenvalue weighted by atomic mass is 10.2. The van der Waals surface area contributed by atoms with E-state index >= 15 is 0 Å². The first kappa shape index (κ1) is 12.8. The molecule has 0 atom stereocenters. The van der Waals surface area contributed by atoms with E-state index in [2.05, 4.69) is 28.0 Å². The Morgan fingerprint density at radius 1 is 1.21 bits per heavy atom. The zero-order valence-electron chi connectivity index (χ0n) is 10.8. The van der Waals surface area contributed by atoms with Gasteiger partial charge in [0.1, 0.15) is 5.01 Å². The molecule has 0 amide bonds. The molecule has 1 aliphatic carbocycles. The normalized spacial score (nSPS) is 16.0. The molecule has 3 rings (SSSR count). The standard InChI is InChI=1S/C15H18N2OS/c1-2-6-12(7-3-1)14-11-19-15(17-14)10-16-18-13-8-4-5-9-13/h1-3,6-7,11,13,16H,4-5,8-10H2. The molecule has 1 aliphatic rings. The highest BCUT2D eigenvalue weighted by atomic mass is 32.1.